The van der Waals surface area contributed by atoms with Crippen molar-refractivity contribution in [1.29, 1.82) is 0 Å². The predicted octanol–water partition coefficient (Wildman–Crippen LogP) is 2.58. The third kappa shape index (κ3) is 3.75. The molecule has 3 aromatic rings. The Morgan fingerprint density at radius 1 is 1.23 bits per heavy atom. The van der Waals surface area contributed by atoms with E-state index in [4.69, 9.17) is 16.3 Å². The second-order valence-corrected chi connectivity index (χ2v) is 10.0. The molecule has 30 heavy (non-hydrogen) atoms. The van der Waals surface area contributed by atoms with Crippen molar-refractivity contribution in [3.8, 4) is 5.75 Å². The molecule has 0 atom stereocenters. The summed E-state index contributed by atoms with van der Waals surface area (Å²) in [5.41, 5.74) is 4.32. The average molecular weight is 449 g/mol. The van der Waals surface area contributed by atoms with Gasteiger partial charge in [0.2, 0.25) is 0 Å². The van der Waals surface area contributed by atoms with Gasteiger partial charge in [0, 0.05) is 11.8 Å². The molecule has 1 amide bonds. The molecule has 0 N–H and O–H groups in total. The molecule has 0 saturated heterocycles. The van der Waals surface area contributed by atoms with Crippen LogP contribution in [0.15, 0.2) is 24.3 Å². The number of halogens is 1. The van der Waals surface area contributed by atoms with E-state index < -0.39 is 9.84 Å². The number of rotatable bonds is 5. The molecule has 158 valence electrons. The topological polar surface area (TPSA) is 93.9 Å². The van der Waals surface area contributed by atoms with Crippen LogP contribution in [-0.2, 0) is 22.9 Å². The second kappa shape index (κ2) is 7.55. The first-order chi connectivity index (χ1) is 14.2. The van der Waals surface area contributed by atoms with Gasteiger partial charge >= 0.3 is 0 Å². The first-order valence-corrected chi connectivity index (χ1v) is 11.8. The monoisotopic (exact) mass is 448 g/mol. The van der Waals surface area contributed by atoms with E-state index in [1.165, 1.54) is 0 Å². The number of nitrogens with zero attached hydrogens (tertiary/aromatic N) is 4. The number of hydrogen-bond acceptors (Lipinski definition) is 6. The van der Waals surface area contributed by atoms with Gasteiger partial charge in [-0.15, -0.1) is 0 Å². The second-order valence-electron chi connectivity index (χ2n) is 7.39. The van der Waals surface area contributed by atoms with Crippen LogP contribution in [0.5, 0.6) is 5.75 Å². The number of amides is 1. The standard InChI is InChI=1S/C20H21ClN4O4S/c1-12-18(21)13(2)25-19(22-12)15-10-24(11-16(15)23-25)20(26)14-6-4-5-7-17(14)29-8-9-30(3,27)28/h4-7H,8-11H2,1-3H3. The van der Waals surface area contributed by atoms with Crippen LogP contribution in [-0.4, -0.2) is 52.4 Å². The van der Waals surface area contributed by atoms with Crippen molar-refractivity contribution in [3.05, 3.63) is 57.5 Å². The normalized spacial score (nSPS) is 13.7. The zero-order valence-electron chi connectivity index (χ0n) is 16.8. The maximum absolute atomic E-state index is 13.2. The highest BCUT2D eigenvalue weighted by atomic mass is 35.5. The van der Waals surface area contributed by atoms with E-state index in [1.54, 1.807) is 33.7 Å². The fourth-order valence-electron chi connectivity index (χ4n) is 3.50. The summed E-state index contributed by atoms with van der Waals surface area (Å²) in [5.74, 6) is 0.0413. The predicted molar refractivity (Wildman–Crippen MR) is 113 cm³/mol. The number of ether oxygens (including phenoxy) is 1. The van der Waals surface area contributed by atoms with E-state index in [0.717, 1.165) is 28.9 Å². The Morgan fingerprint density at radius 2 is 1.97 bits per heavy atom. The maximum atomic E-state index is 13.2. The Hall–Kier alpha value is -2.65. The molecule has 1 aliphatic rings. The highest BCUT2D eigenvalue weighted by Crippen LogP contribution is 2.31. The molecule has 0 radical (unpaired) electrons. The van der Waals surface area contributed by atoms with Crippen molar-refractivity contribution in [3.63, 3.8) is 0 Å². The molecule has 3 heterocycles. The Balaban J connectivity index is 1.58. The van der Waals surface area contributed by atoms with Gasteiger partial charge in [-0.2, -0.15) is 5.10 Å². The van der Waals surface area contributed by atoms with Crippen LogP contribution in [0.1, 0.15) is 33.0 Å². The SMILES string of the molecule is Cc1nc2c3c(nn2c(C)c1Cl)CN(C(=O)c1ccccc1OCCS(C)(=O)=O)C3. The van der Waals surface area contributed by atoms with Crippen LogP contribution < -0.4 is 4.74 Å². The third-order valence-electron chi connectivity index (χ3n) is 5.07. The molecular weight excluding hydrogens is 428 g/mol. The van der Waals surface area contributed by atoms with Gasteiger partial charge < -0.3 is 9.64 Å². The van der Waals surface area contributed by atoms with Crippen molar-refractivity contribution in [2.24, 2.45) is 0 Å². The molecule has 0 saturated carbocycles. The Bertz CT molecular complexity index is 1270. The molecule has 0 unspecified atom stereocenters. The lowest BCUT2D eigenvalue weighted by molar-refractivity contribution is 0.0745. The van der Waals surface area contributed by atoms with E-state index in [2.05, 4.69) is 10.1 Å². The summed E-state index contributed by atoms with van der Waals surface area (Å²) in [6.07, 6.45) is 1.15. The minimum Gasteiger partial charge on any atom is -0.492 e. The smallest absolute Gasteiger partial charge is 0.258 e. The zero-order chi connectivity index (χ0) is 21.6. The van der Waals surface area contributed by atoms with Crippen LogP contribution in [0.25, 0.3) is 5.65 Å². The van der Waals surface area contributed by atoms with Gasteiger partial charge in [-0.25, -0.2) is 17.9 Å². The first-order valence-electron chi connectivity index (χ1n) is 9.37. The average Bonchev–Trinajstić information content (AvgIpc) is 3.24. The van der Waals surface area contributed by atoms with Crippen molar-refractivity contribution < 1.29 is 17.9 Å². The Labute approximate surface area is 179 Å². The summed E-state index contributed by atoms with van der Waals surface area (Å²) in [6, 6.07) is 6.84. The van der Waals surface area contributed by atoms with Gasteiger partial charge in [0.1, 0.15) is 12.4 Å². The zero-order valence-corrected chi connectivity index (χ0v) is 18.4. The van der Waals surface area contributed by atoms with Gasteiger partial charge in [0.15, 0.2) is 15.5 Å². The summed E-state index contributed by atoms with van der Waals surface area (Å²) in [7, 11) is -3.15. The van der Waals surface area contributed by atoms with Gasteiger partial charge in [-0.05, 0) is 26.0 Å². The summed E-state index contributed by atoms with van der Waals surface area (Å²) >= 11 is 6.29. The van der Waals surface area contributed by atoms with E-state index >= 15 is 0 Å². The third-order valence-corrected chi connectivity index (χ3v) is 6.53. The van der Waals surface area contributed by atoms with Crippen molar-refractivity contribution in [2.75, 3.05) is 18.6 Å². The van der Waals surface area contributed by atoms with Crippen molar-refractivity contribution in [2.45, 2.75) is 26.9 Å². The maximum Gasteiger partial charge on any atom is 0.258 e. The number of carbonyl (C=O) groups is 1. The fourth-order valence-corrected chi connectivity index (χ4v) is 4.01. The lowest BCUT2D eigenvalue weighted by atomic mass is 10.1. The van der Waals surface area contributed by atoms with E-state index in [9.17, 15) is 13.2 Å². The molecule has 8 nitrogen and oxygen atoms in total. The molecule has 0 fully saturated rings. The molecule has 10 heteroatoms. The molecule has 4 rings (SSSR count). The van der Waals surface area contributed by atoms with E-state index in [1.807, 2.05) is 13.8 Å². The largest absolute Gasteiger partial charge is 0.492 e. The van der Waals surface area contributed by atoms with Gasteiger partial charge in [-0.3, -0.25) is 4.79 Å². The van der Waals surface area contributed by atoms with E-state index in [-0.39, 0.29) is 18.3 Å². The van der Waals surface area contributed by atoms with Crippen molar-refractivity contribution >= 4 is 33.0 Å². The van der Waals surface area contributed by atoms with Crippen LogP contribution in [0.3, 0.4) is 0 Å². The minimum absolute atomic E-state index is 0.0134. The highest BCUT2D eigenvalue weighted by Gasteiger charge is 2.31. The number of carbonyl (C=O) groups excluding carboxylic acids is 1. The molecule has 0 aliphatic carbocycles. The number of aryl methyl sites for hydroxylation is 2. The molecule has 0 bridgehead atoms. The highest BCUT2D eigenvalue weighted by molar-refractivity contribution is 7.90. The fraction of sp³-hybridized carbons (Fsp3) is 0.350. The molecular formula is C20H21ClN4O4S. The number of sulfone groups is 1. The van der Waals surface area contributed by atoms with Crippen LogP contribution in [0.2, 0.25) is 5.02 Å². The molecule has 2 aromatic heterocycles. The molecule has 0 spiro atoms. The van der Waals surface area contributed by atoms with Gasteiger partial charge in [0.05, 0.1) is 46.5 Å². The lowest BCUT2D eigenvalue weighted by Gasteiger charge is -2.18. The lowest BCUT2D eigenvalue weighted by Crippen LogP contribution is -2.26. The number of para-hydroxylation sites is 1. The number of hydrogen-bond donors (Lipinski definition) is 0. The number of fused-ring (bicyclic) bond motifs is 3. The number of benzene rings is 1. The van der Waals surface area contributed by atoms with Gasteiger partial charge in [0.25, 0.3) is 5.91 Å². The summed E-state index contributed by atoms with van der Waals surface area (Å²) in [6.45, 7) is 4.45. The van der Waals surface area contributed by atoms with Crippen LogP contribution in [0, 0.1) is 13.8 Å². The Kier molecular flexibility index (Phi) is 5.19. The Morgan fingerprint density at radius 3 is 2.70 bits per heavy atom. The van der Waals surface area contributed by atoms with Gasteiger partial charge in [-0.1, -0.05) is 23.7 Å². The first kappa shape index (κ1) is 20.6. The molecule has 1 aromatic carbocycles. The quantitative estimate of drug-likeness (QED) is 0.595. The van der Waals surface area contributed by atoms with Crippen molar-refractivity contribution in [1.82, 2.24) is 19.5 Å². The summed E-state index contributed by atoms with van der Waals surface area (Å²) in [4.78, 5) is 19.4. The molecule has 1 aliphatic heterocycles. The summed E-state index contributed by atoms with van der Waals surface area (Å²) in [5, 5.41) is 5.18. The van der Waals surface area contributed by atoms with Crippen LogP contribution in [0.4, 0.5) is 0 Å². The minimum atomic E-state index is -3.15. The van der Waals surface area contributed by atoms with Crippen LogP contribution >= 0.6 is 11.6 Å². The number of aromatic nitrogens is 3. The summed E-state index contributed by atoms with van der Waals surface area (Å²) < 4.78 is 30.0. The van der Waals surface area contributed by atoms with E-state index in [0.29, 0.717) is 35.1 Å².